The lowest BCUT2D eigenvalue weighted by atomic mass is 10.1. The Morgan fingerprint density at radius 3 is 2.49 bits per heavy atom. The number of aliphatic hydroxyl groups excluding tert-OH is 1. The van der Waals surface area contributed by atoms with Gasteiger partial charge < -0.3 is 24.2 Å². The number of amides is 3. The molecule has 3 amide bonds. The number of thiol groups is 1. The van der Waals surface area contributed by atoms with E-state index in [0.29, 0.717) is 34.5 Å². The van der Waals surface area contributed by atoms with Crippen molar-refractivity contribution in [3.05, 3.63) is 84.1 Å². The summed E-state index contributed by atoms with van der Waals surface area (Å²) in [6.45, 7) is 2.54. The van der Waals surface area contributed by atoms with Crippen molar-refractivity contribution in [1.29, 1.82) is 0 Å². The summed E-state index contributed by atoms with van der Waals surface area (Å²) in [4.78, 5) is 31.4. The van der Waals surface area contributed by atoms with Crippen LogP contribution >= 0.6 is 12.8 Å². The number of imide groups is 1. The zero-order valence-electron chi connectivity index (χ0n) is 24.4. The number of anilines is 1. The fourth-order valence-corrected chi connectivity index (χ4v) is 5.11. The van der Waals surface area contributed by atoms with Gasteiger partial charge >= 0.3 is 6.03 Å². The minimum Gasteiger partial charge on any atom is -0.493 e. The zero-order chi connectivity index (χ0) is 31.9. The first-order valence-electron chi connectivity index (χ1n) is 14.2. The molecule has 1 atom stereocenters. The number of carbonyl (C=O) groups is 2. The maximum absolute atomic E-state index is 15.2. The quantitative estimate of drug-likeness (QED) is 0.190. The summed E-state index contributed by atoms with van der Waals surface area (Å²) in [5.74, 6) is -0.937. The second kappa shape index (κ2) is 14.5. The highest BCUT2D eigenvalue weighted by Crippen LogP contribution is 2.38. The smallest absolute Gasteiger partial charge is 0.338 e. The summed E-state index contributed by atoms with van der Waals surface area (Å²) in [6.07, 6.45) is 2.94. The van der Waals surface area contributed by atoms with Gasteiger partial charge in [-0.15, -0.1) is 0 Å². The van der Waals surface area contributed by atoms with Crippen molar-refractivity contribution < 1.29 is 37.7 Å². The molecule has 13 heteroatoms. The molecular formula is C32H32F2N4O6S. The minimum absolute atomic E-state index is 0.0465. The van der Waals surface area contributed by atoms with Gasteiger partial charge in [0, 0.05) is 30.3 Å². The number of nitrogens with one attached hydrogen (secondary N) is 1. The van der Waals surface area contributed by atoms with Gasteiger partial charge in [-0.25, -0.2) is 17.9 Å². The fraction of sp³-hybridized carbons (Fsp3) is 0.281. The number of ether oxygens (including phenoxy) is 3. The number of β-amino-alcohol motifs (C(OH)–C–C–N with tert-alkyl or cyclic N) is 1. The molecule has 0 bridgehead atoms. The van der Waals surface area contributed by atoms with E-state index in [4.69, 9.17) is 14.2 Å². The molecule has 2 N–H and O–H groups in total. The summed E-state index contributed by atoms with van der Waals surface area (Å²) < 4.78 is 46.3. The third kappa shape index (κ3) is 8.18. The number of urea groups is 1. The van der Waals surface area contributed by atoms with Crippen molar-refractivity contribution in [2.24, 2.45) is 0 Å². The molecule has 45 heavy (non-hydrogen) atoms. The lowest BCUT2D eigenvalue weighted by molar-refractivity contribution is -0.119. The second-order valence-electron chi connectivity index (χ2n) is 10.5. The maximum Gasteiger partial charge on any atom is 0.338 e. The number of rotatable bonds is 11. The molecule has 1 aromatic heterocycles. The molecule has 3 aromatic carbocycles. The Morgan fingerprint density at radius 1 is 1.02 bits per heavy atom. The summed E-state index contributed by atoms with van der Waals surface area (Å²) in [6, 6.07) is 13.1. The highest BCUT2D eigenvalue weighted by atomic mass is 32.1. The van der Waals surface area contributed by atoms with E-state index >= 15 is 4.39 Å². The first-order valence-corrected chi connectivity index (χ1v) is 14.6. The van der Waals surface area contributed by atoms with Crippen LogP contribution in [0.1, 0.15) is 18.4 Å². The molecule has 1 fully saturated rings. The zero-order valence-corrected chi connectivity index (χ0v) is 25.3. The van der Waals surface area contributed by atoms with Crippen LogP contribution in [0, 0.1) is 11.6 Å². The Kier molecular flexibility index (Phi) is 10.3. The predicted octanol–water partition coefficient (Wildman–Crippen LogP) is 5.28. The van der Waals surface area contributed by atoms with E-state index in [1.807, 2.05) is 0 Å². The van der Waals surface area contributed by atoms with Crippen LogP contribution in [0.5, 0.6) is 23.0 Å². The number of halogens is 2. The van der Waals surface area contributed by atoms with Crippen molar-refractivity contribution in [3.63, 3.8) is 0 Å². The Balaban J connectivity index is 1.25. The number of aliphatic hydroxyl groups is 1. The van der Waals surface area contributed by atoms with Crippen molar-refractivity contribution >= 4 is 41.3 Å². The number of benzene rings is 3. The van der Waals surface area contributed by atoms with Crippen LogP contribution in [-0.2, 0) is 11.2 Å². The van der Waals surface area contributed by atoms with E-state index in [1.165, 1.54) is 49.7 Å². The molecule has 10 nitrogen and oxygen atoms in total. The van der Waals surface area contributed by atoms with E-state index in [9.17, 15) is 19.1 Å². The molecular weight excluding hydrogens is 606 g/mol. The largest absolute Gasteiger partial charge is 0.493 e. The van der Waals surface area contributed by atoms with Crippen LogP contribution in [0.15, 0.2) is 66.9 Å². The first-order chi connectivity index (χ1) is 21.7. The first kappa shape index (κ1) is 31.9. The Morgan fingerprint density at radius 2 is 1.78 bits per heavy atom. The number of hydrogen-bond acceptors (Lipinski definition) is 9. The molecule has 1 saturated heterocycles. The molecule has 0 aliphatic carbocycles. The number of pyridine rings is 1. The minimum atomic E-state index is -0.896. The summed E-state index contributed by atoms with van der Waals surface area (Å²) in [7, 11) is 1.49. The van der Waals surface area contributed by atoms with Crippen LogP contribution in [0.4, 0.5) is 19.3 Å². The van der Waals surface area contributed by atoms with Gasteiger partial charge in [0.05, 0.1) is 24.7 Å². The van der Waals surface area contributed by atoms with E-state index in [-0.39, 0.29) is 30.2 Å². The van der Waals surface area contributed by atoms with Gasteiger partial charge in [0.25, 0.3) is 0 Å². The standard InChI is InChI=1S/C32H32F2N4O6S/c1-42-29-16-24-26(17-30(29)43-19-23(39)18-37-12-2-3-13-37)35-11-10-27(24)44-28-9-8-22(15-25(28)34)38(45)32(41)36-31(40)14-20-4-6-21(33)7-5-20/h4-11,15-17,23,39,45H,2-3,12-14,18-19H2,1H3,(H,36,40,41). The lowest BCUT2D eigenvalue weighted by Gasteiger charge is -2.20. The monoisotopic (exact) mass is 638 g/mol. The van der Waals surface area contributed by atoms with Crippen LogP contribution in [0.2, 0.25) is 0 Å². The predicted molar refractivity (Wildman–Crippen MR) is 167 cm³/mol. The molecule has 1 aliphatic heterocycles. The average Bonchev–Trinajstić information content (AvgIpc) is 3.54. The number of nitrogens with zero attached hydrogens (tertiary/aromatic N) is 3. The van der Waals surface area contributed by atoms with Crippen molar-refractivity contribution in [3.8, 4) is 23.0 Å². The van der Waals surface area contributed by atoms with Gasteiger partial charge in [0.15, 0.2) is 23.1 Å². The fourth-order valence-electron chi connectivity index (χ4n) is 4.94. The lowest BCUT2D eigenvalue weighted by Crippen LogP contribution is -2.39. The van der Waals surface area contributed by atoms with E-state index < -0.39 is 29.7 Å². The van der Waals surface area contributed by atoms with Crippen LogP contribution in [-0.4, -0.2) is 66.4 Å². The normalized spacial score (nSPS) is 13.8. The molecule has 1 aliphatic rings. The Labute approximate surface area is 264 Å². The van der Waals surface area contributed by atoms with Gasteiger partial charge in [-0.1, -0.05) is 24.9 Å². The van der Waals surface area contributed by atoms with Gasteiger partial charge in [-0.05, 0) is 67.9 Å². The molecule has 236 valence electrons. The molecule has 0 spiro atoms. The molecule has 0 radical (unpaired) electrons. The average molecular weight is 639 g/mol. The third-order valence-corrected chi connectivity index (χ3v) is 7.60. The SMILES string of the molecule is COc1cc2c(Oc3ccc(N(S)C(=O)NC(=O)Cc4ccc(F)cc4)cc3F)ccnc2cc1OCC(O)CN1CCCC1. The molecule has 4 aromatic rings. The number of methoxy groups -OCH3 is 1. The van der Waals surface area contributed by atoms with E-state index in [2.05, 4.69) is 28.0 Å². The van der Waals surface area contributed by atoms with Crippen molar-refractivity contribution in [2.75, 3.05) is 37.7 Å². The number of fused-ring (bicyclic) bond motifs is 1. The third-order valence-electron chi connectivity index (χ3n) is 7.18. The molecule has 1 unspecified atom stereocenters. The van der Waals surface area contributed by atoms with Crippen LogP contribution < -0.4 is 23.8 Å². The Hall–Kier alpha value is -4.46. The highest BCUT2D eigenvalue weighted by molar-refractivity contribution is 7.82. The number of carbonyl (C=O) groups excluding carboxylic acids is 2. The van der Waals surface area contributed by atoms with Gasteiger partial charge in [0.1, 0.15) is 24.3 Å². The Bertz CT molecular complexity index is 1670. The van der Waals surface area contributed by atoms with Crippen LogP contribution in [0.3, 0.4) is 0 Å². The van der Waals surface area contributed by atoms with Gasteiger partial charge in [0.2, 0.25) is 5.91 Å². The van der Waals surface area contributed by atoms with Crippen molar-refractivity contribution in [1.82, 2.24) is 15.2 Å². The summed E-state index contributed by atoms with van der Waals surface area (Å²) in [5.41, 5.74) is 1.06. The van der Waals surface area contributed by atoms with Gasteiger partial charge in [-0.2, -0.15) is 0 Å². The number of likely N-dealkylation sites (tertiary alicyclic amines) is 1. The number of hydrogen-bond donors (Lipinski definition) is 3. The molecule has 5 rings (SSSR count). The molecule has 0 saturated carbocycles. The van der Waals surface area contributed by atoms with E-state index in [0.717, 1.165) is 36.3 Å². The molecule has 2 heterocycles. The second-order valence-corrected chi connectivity index (χ2v) is 10.9. The van der Waals surface area contributed by atoms with Crippen LogP contribution in [0.25, 0.3) is 10.9 Å². The maximum atomic E-state index is 15.2. The van der Waals surface area contributed by atoms with Crippen molar-refractivity contribution in [2.45, 2.75) is 25.4 Å². The topological polar surface area (TPSA) is 113 Å². The summed E-state index contributed by atoms with van der Waals surface area (Å²) in [5, 5.41) is 13.1. The highest BCUT2D eigenvalue weighted by Gasteiger charge is 2.20. The van der Waals surface area contributed by atoms with Gasteiger partial charge in [-0.3, -0.25) is 15.1 Å². The van der Waals surface area contributed by atoms with E-state index in [1.54, 1.807) is 18.2 Å². The number of aromatic nitrogens is 1. The summed E-state index contributed by atoms with van der Waals surface area (Å²) >= 11 is 4.11.